The molecule has 1 saturated heterocycles. The number of nitrogens with zero attached hydrogens (tertiary/aromatic N) is 4. The van der Waals surface area contributed by atoms with E-state index in [0.29, 0.717) is 37.1 Å². The van der Waals surface area contributed by atoms with Gasteiger partial charge in [-0.05, 0) is 36.1 Å². The third kappa shape index (κ3) is 4.73. The first-order valence-corrected chi connectivity index (χ1v) is 8.42. The highest BCUT2D eigenvalue weighted by atomic mass is 127. The number of hydrogen-bond acceptors (Lipinski definition) is 2. The number of carbonyl (C=O) groups is 1. The first-order chi connectivity index (χ1) is 12.8. The zero-order valence-electron chi connectivity index (χ0n) is 15.1. The second-order valence-corrected chi connectivity index (χ2v) is 6.42. The smallest absolute Gasteiger partial charge is 0.416 e. The van der Waals surface area contributed by atoms with Crippen LogP contribution in [0, 0.1) is 11.3 Å². The number of allylic oxidation sites excluding steroid dienone is 1. The maximum absolute atomic E-state index is 12.7. The van der Waals surface area contributed by atoms with Gasteiger partial charge in [-0.25, -0.2) is 9.36 Å². The molecule has 0 bridgehead atoms. The van der Waals surface area contributed by atoms with E-state index in [9.17, 15) is 23.2 Å². The molecule has 0 radical (unpaired) electrons. The lowest BCUT2D eigenvalue weighted by atomic mass is 9.93. The standard InChI is InChI=1S/C19H18F3N4O.HI/c1-24-10-11-26(13-24)18(27)25-8-6-15(7-9-25)17(12-23)14-2-4-16(5-3-14)19(20,21)22;/h2-5,10-11,13H,6-9H2,1H3;1H/q+1;/p-1. The number of benzene rings is 1. The van der Waals surface area contributed by atoms with E-state index in [0.717, 1.165) is 17.7 Å². The van der Waals surface area contributed by atoms with Crippen molar-refractivity contribution in [2.75, 3.05) is 13.1 Å². The van der Waals surface area contributed by atoms with Gasteiger partial charge in [0.05, 0.1) is 24.3 Å². The third-order valence-electron chi connectivity index (χ3n) is 4.59. The van der Waals surface area contributed by atoms with Crippen molar-refractivity contribution in [3.8, 4) is 6.07 Å². The van der Waals surface area contributed by atoms with Gasteiger partial charge in [0.1, 0.15) is 12.4 Å². The lowest BCUT2D eigenvalue weighted by molar-refractivity contribution is -0.670. The molecule has 0 saturated carbocycles. The van der Waals surface area contributed by atoms with Crippen LogP contribution < -0.4 is 28.5 Å². The van der Waals surface area contributed by atoms with E-state index in [1.165, 1.54) is 16.7 Å². The van der Waals surface area contributed by atoms with Crippen LogP contribution in [0.2, 0.25) is 0 Å². The zero-order chi connectivity index (χ0) is 19.6. The van der Waals surface area contributed by atoms with Crippen LogP contribution in [0.5, 0.6) is 0 Å². The number of halogens is 4. The molecule has 2 heterocycles. The SMILES string of the molecule is C[n+]1ccn(C(=O)N2CCC(=C(C#N)c3ccc(C(F)(F)F)cc3)CC2)c1.[I-]. The number of amides is 1. The molecule has 1 aliphatic heterocycles. The number of alkyl halides is 3. The van der Waals surface area contributed by atoms with Crippen molar-refractivity contribution in [2.24, 2.45) is 7.05 Å². The summed E-state index contributed by atoms with van der Waals surface area (Å²) in [4.78, 5) is 14.1. The van der Waals surface area contributed by atoms with Gasteiger partial charge in [0.25, 0.3) is 6.33 Å². The topological polar surface area (TPSA) is 52.9 Å². The van der Waals surface area contributed by atoms with E-state index >= 15 is 0 Å². The molecule has 5 nitrogen and oxygen atoms in total. The first-order valence-electron chi connectivity index (χ1n) is 8.42. The van der Waals surface area contributed by atoms with Crippen molar-refractivity contribution in [3.63, 3.8) is 0 Å². The van der Waals surface area contributed by atoms with Crippen molar-refractivity contribution in [1.29, 1.82) is 5.26 Å². The van der Waals surface area contributed by atoms with E-state index in [4.69, 9.17) is 0 Å². The van der Waals surface area contributed by atoms with Crippen molar-refractivity contribution < 1.29 is 46.5 Å². The molecule has 0 aliphatic carbocycles. The van der Waals surface area contributed by atoms with Crippen LogP contribution in [0.25, 0.3) is 5.57 Å². The average Bonchev–Trinajstić information content (AvgIpc) is 3.08. The van der Waals surface area contributed by atoms with Gasteiger partial charge in [-0.3, -0.25) is 0 Å². The summed E-state index contributed by atoms with van der Waals surface area (Å²) in [5.74, 6) is 0. The van der Waals surface area contributed by atoms with Gasteiger partial charge in [0.2, 0.25) is 0 Å². The maximum atomic E-state index is 12.7. The Morgan fingerprint density at radius 1 is 1.18 bits per heavy atom. The van der Waals surface area contributed by atoms with Crippen molar-refractivity contribution in [2.45, 2.75) is 19.0 Å². The molecule has 1 aromatic heterocycles. The lowest BCUT2D eigenvalue weighted by Crippen LogP contribution is -3.00. The van der Waals surface area contributed by atoms with Gasteiger partial charge in [-0.2, -0.15) is 23.0 Å². The number of rotatable bonds is 1. The fourth-order valence-electron chi connectivity index (χ4n) is 3.12. The fraction of sp³-hybridized carbons (Fsp3) is 0.316. The maximum Gasteiger partial charge on any atom is 0.416 e. The third-order valence-corrected chi connectivity index (χ3v) is 4.59. The van der Waals surface area contributed by atoms with Gasteiger partial charge in [0, 0.05) is 13.1 Å². The van der Waals surface area contributed by atoms with E-state index in [-0.39, 0.29) is 30.0 Å². The molecule has 148 valence electrons. The number of likely N-dealkylation sites (tertiary alicyclic amines) is 1. The second kappa shape index (κ2) is 8.77. The highest BCUT2D eigenvalue weighted by molar-refractivity contribution is 5.80. The summed E-state index contributed by atoms with van der Waals surface area (Å²) in [7, 11) is 1.82. The van der Waals surface area contributed by atoms with Crippen LogP contribution in [-0.4, -0.2) is 28.6 Å². The Labute approximate surface area is 177 Å². The minimum absolute atomic E-state index is 0. The van der Waals surface area contributed by atoms with Gasteiger partial charge in [0.15, 0.2) is 0 Å². The summed E-state index contributed by atoms with van der Waals surface area (Å²) < 4.78 is 41.4. The van der Waals surface area contributed by atoms with Gasteiger partial charge in [-0.15, -0.1) is 0 Å². The average molecular weight is 502 g/mol. The molecule has 3 rings (SSSR count). The van der Waals surface area contributed by atoms with Crippen LogP contribution in [0.3, 0.4) is 0 Å². The molecule has 1 aliphatic rings. The van der Waals surface area contributed by atoms with E-state index in [2.05, 4.69) is 6.07 Å². The van der Waals surface area contributed by atoms with Crippen molar-refractivity contribution in [1.82, 2.24) is 9.47 Å². The van der Waals surface area contributed by atoms with Crippen LogP contribution >= 0.6 is 0 Å². The first kappa shape index (κ1) is 21.9. The Balaban J connectivity index is 0.00000280. The van der Waals surface area contributed by atoms with E-state index in [1.54, 1.807) is 28.2 Å². The molecule has 28 heavy (non-hydrogen) atoms. The predicted octanol–water partition coefficient (Wildman–Crippen LogP) is 0.377. The largest absolute Gasteiger partial charge is 1.00 e. The summed E-state index contributed by atoms with van der Waals surface area (Å²) in [5.41, 5.74) is 0.981. The second-order valence-electron chi connectivity index (χ2n) is 6.42. The summed E-state index contributed by atoms with van der Waals surface area (Å²) in [6, 6.07) is 6.59. The molecule has 0 unspecified atom stereocenters. The number of carbonyl (C=O) groups excluding carboxylic acids is 1. The Morgan fingerprint density at radius 2 is 1.79 bits per heavy atom. The van der Waals surface area contributed by atoms with Gasteiger partial charge in [-0.1, -0.05) is 12.1 Å². The van der Waals surface area contributed by atoms with Crippen LogP contribution in [0.15, 0.2) is 48.6 Å². The molecule has 2 aromatic rings. The number of hydrogen-bond donors (Lipinski definition) is 0. The van der Waals surface area contributed by atoms with Crippen LogP contribution in [-0.2, 0) is 13.2 Å². The monoisotopic (exact) mass is 502 g/mol. The predicted molar refractivity (Wildman–Crippen MR) is 91.2 cm³/mol. The van der Waals surface area contributed by atoms with Crippen LogP contribution in [0.1, 0.15) is 24.0 Å². The quantitative estimate of drug-likeness (QED) is 0.322. The molecular weight excluding hydrogens is 484 g/mol. The molecule has 1 amide bonds. The molecule has 1 aromatic carbocycles. The van der Waals surface area contributed by atoms with Gasteiger partial charge >= 0.3 is 12.2 Å². The number of aromatic nitrogens is 2. The zero-order valence-corrected chi connectivity index (χ0v) is 17.2. The molecule has 0 N–H and O–H groups in total. The summed E-state index contributed by atoms with van der Waals surface area (Å²) in [6.07, 6.45) is 1.75. The Kier molecular flexibility index (Phi) is 6.87. The summed E-state index contributed by atoms with van der Waals surface area (Å²) in [6.45, 7) is 0.920. The molecular formula is C19H18F3IN4O. The molecule has 1 fully saturated rings. The van der Waals surface area contributed by atoms with Crippen LogP contribution in [0.4, 0.5) is 18.0 Å². The number of aryl methyl sites for hydroxylation is 1. The number of nitriles is 1. The van der Waals surface area contributed by atoms with Crippen molar-refractivity contribution >= 4 is 11.6 Å². The summed E-state index contributed by atoms with van der Waals surface area (Å²) >= 11 is 0. The summed E-state index contributed by atoms with van der Waals surface area (Å²) in [5, 5.41) is 9.50. The van der Waals surface area contributed by atoms with Gasteiger partial charge < -0.3 is 28.9 Å². The molecule has 0 spiro atoms. The van der Waals surface area contributed by atoms with Crippen molar-refractivity contribution in [3.05, 3.63) is 59.7 Å². The lowest BCUT2D eigenvalue weighted by Gasteiger charge is -2.27. The Hall–Kier alpha value is -2.35. The molecule has 9 heteroatoms. The highest BCUT2D eigenvalue weighted by Gasteiger charge is 2.30. The highest BCUT2D eigenvalue weighted by Crippen LogP contribution is 2.32. The fourth-order valence-corrected chi connectivity index (χ4v) is 3.12. The Morgan fingerprint density at radius 3 is 2.25 bits per heavy atom. The minimum atomic E-state index is -4.40. The molecule has 0 atom stereocenters. The number of imidazole rings is 1. The number of piperidine rings is 1. The minimum Gasteiger partial charge on any atom is -1.00 e. The van der Waals surface area contributed by atoms with E-state index in [1.807, 2.05) is 7.05 Å². The Bertz CT molecular complexity index is 916. The normalized spacial score (nSPS) is 14.2. The van der Waals surface area contributed by atoms with E-state index < -0.39 is 11.7 Å².